The summed E-state index contributed by atoms with van der Waals surface area (Å²) in [6, 6.07) is 16.6. The molecule has 1 unspecified atom stereocenters. The first kappa shape index (κ1) is 18.6. The van der Waals surface area contributed by atoms with E-state index in [1.165, 1.54) is 17.7 Å². The van der Waals surface area contributed by atoms with E-state index >= 15 is 0 Å². The molecule has 144 valence electrons. The van der Waals surface area contributed by atoms with Crippen LogP contribution in [0.2, 0.25) is 0 Å². The van der Waals surface area contributed by atoms with Gasteiger partial charge in [0.05, 0.1) is 10.9 Å². The van der Waals surface area contributed by atoms with Crippen LogP contribution in [0.15, 0.2) is 78.0 Å². The molecular weight excluding hydrogens is 377 g/mol. The number of halogens is 1. The smallest absolute Gasteiger partial charge is 0.240 e. The predicted octanol–water partition coefficient (Wildman–Crippen LogP) is 3.30. The Morgan fingerprint density at radius 2 is 1.86 bits per heavy atom. The van der Waals surface area contributed by atoms with E-state index in [2.05, 4.69) is 26.7 Å². The largest absolute Gasteiger partial charge is 0.363 e. The molecule has 1 N–H and O–H groups in total. The fourth-order valence-corrected chi connectivity index (χ4v) is 4.59. The highest BCUT2D eigenvalue weighted by atomic mass is 32.2. The zero-order valence-electron chi connectivity index (χ0n) is 15.1. The molecule has 1 aromatic heterocycles. The Bertz CT molecular complexity index is 1060. The van der Waals surface area contributed by atoms with E-state index in [-0.39, 0.29) is 17.5 Å². The number of benzene rings is 2. The van der Waals surface area contributed by atoms with Gasteiger partial charge < -0.3 is 4.90 Å². The van der Waals surface area contributed by atoms with Crippen LogP contribution in [0.25, 0.3) is 0 Å². The number of rotatable bonds is 6. The molecule has 0 spiro atoms. The van der Waals surface area contributed by atoms with Gasteiger partial charge in [-0.3, -0.25) is 4.98 Å². The quantitative estimate of drug-likeness (QED) is 0.693. The van der Waals surface area contributed by atoms with Crippen molar-refractivity contribution in [1.29, 1.82) is 0 Å². The van der Waals surface area contributed by atoms with E-state index in [0.717, 1.165) is 36.3 Å². The Morgan fingerprint density at radius 1 is 1.07 bits per heavy atom. The molecule has 0 radical (unpaired) electrons. The first-order valence-electron chi connectivity index (χ1n) is 9.04. The standard InChI is InChI=1S/C21H20FN3O2S/c22-18-7-9-19(10-8-18)28(26,27)24-15-21(17-5-3-12-23-14-17)25-13-11-16-4-1-2-6-20(16)25/h1-10,12,14,21,24H,11,13,15H2. The summed E-state index contributed by atoms with van der Waals surface area (Å²) in [5, 5.41) is 0. The number of nitrogens with one attached hydrogen (secondary N) is 1. The Labute approximate surface area is 163 Å². The van der Waals surface area contributed by atoms with Gasteiger partial charge in [0.2, 0.25) is 10.0 Å². The van der Waals surface area contributed by atoms with Crippen LogP contribution in [-0.4, -0.2) is 26.5 Å². The van der Waals surface area contributed by atoms with E-state index in [4.69, 9.17) is 0 Å². The van der Waals surface area contributed by atoms with Crippen LogP contribution in [0.5, 0.6) is 0 Å². The van der Waals surface area contributed by atoms with Gasteiger partial charge in [0, 0.05) is 31.2 Å². The highest BCUT2D eigenvalue weighted by molar-refractivity contribution is 7.89. The third-order valence-corrected chi connectivity index (χ3v) is 6.40. The maximum Gasteiger partial charge on any atom is 0.240 e. The summed E-state index contributed by atoms with van der Waals surface area (Å²) in [6.07, 6.45) is 4.37. The molecule has 5 nitrogen and oxygen atoms in total. The van der Waals surface area contributed by atoms with Gasteiger partial charge in [-0.1, -0.05) is 24.3 Å². The number of fused-ring (bicyclic) bond motifs is 1. The average Bonchev–Trinajstić information content (AvgIpc) is 3.13. The number of aromatic nitrogens is 1. The second kappa shape index (κ2) is 7.69. The summed E-state index contributed by atoms with van der Waals surface area (Å²) in [6.45, 7) is 0.983. The van der Waals surface area contributed by atoms with Crippen molar-refractivity contribution in [2.75, 3.05) is 18.0 Å². The van der Waals surface area contributed by atoms with Gasteiger partial charge in [-0.25, -0.2) is 17.5 Å². The number of sulfonamides is 1. The molecule has 2 heterocycles. The molecule has 0 saturated carbocycles. The number of anilines is 1. The molecular formula is C21H20FN3O2S. The molecule has 1 aliphatic rings. The monoisotopic (exact) mass is 397 g/mol. The van der Waals surface area contributed by atoms with E-state index < -0.39 is 15.8 Å². The average molecular weight is 397 g/mol. The summed E-state index contributed by atoms with van der Waals surface area (Å²) in [5.74, 6) is -0.471. The van der Waals surface area contributed by atoms with Crippen LogP contribution < -0.4 is 9.62 Å². The molecule has 3 aromatic rings. The third kappa shape index (κ3) is 3.76. The summed E-state index contributed by atoms with van der Waals surface area (Å²) in [5.41, 5.74) is 3.29. The number of hydrogen-bond acceptors (Lipinski definition) is 4. The lowest BCUT2D eigenvalue weighted by molar-refractivity contribution is 0.562. The van der Waals surface area contributed by atoms with Gasteiger partial charge >= 0.3 is 0 Å². The van der Waals surface area contributed by atoms with Crippen molar-refractivity contribution in [3.8, 4) is 0 Å². The van der Waals surface area contributed by atoms with Gasteiger partial charge in [0.1, 0.15) is 5.82 Å². The van der Waals surface area contributed by atoms with Crippen molar-refractivity contribution in [3.63, 3.8) is 0 Å². The zero-order valence-corrected chi connectivity index (χ0v) is 15.9. The van der Waals surface area contributed by atoms with E-state index in [0.29, 0.717) is 0 Å². The van der Waals surface area contributed by atoms with Gasteiger partial charge in [0.15, 0.2) is 0 Å². The maximum atomic E-state index is 13.1. The van der Waals surface area contributed by atoms with Crippen LogP contribution in [0, 0.1) is 5.82 Å². The number of para-hydroxylation sites is 1. The van der Waals surface area contributed by atoms with Crippen LogP contribution in [0.1, 0.15) is 17.2 Å². The van der Waals surface area contributed by atoms with Crippen molar-refractivity contribution in [2.24, 2.45) is 0 Å². The molecule has 0 fully saturated rings. The molecule has 2 aromatic carbocycles. The summed E-state index contributed by atoms with van der Waals surface area (Å²) in [7, 11) is -3.75. The normalized spacial score (nSPS) is 14.7. The van der Waals surface area contributed by atoms with Crippen LogP contribution >= 0.6 is 0 Å². The van der Waals surface area contributed by atoms with Gasteiger partial charge in [-0.05, 0) is 53.9 Å². The Balaban J connectivity index is 1.61. The van der Waals surface area contributed by atoms with Crippen LogP contribution in [-0.2, 0) is 16.4 Å². The summed E-state index contributed by atoms with van der Waals surface area (Å²) >= 11 is 0. The fourth-order valence-electron chi connectivity index (χ4n) is 3.55. The van der Waals surface area contributed by atoms with Crippen LogP contribution in [0.3, 0.4) is 0 Å². The molecule has 0 bridgehead atoms. The Kier molecular flexibility index (Phi) is 5.11. The number of hydrogen-bond donors (Lipinski definition) is 1. The maximum absolute atomic E-state index is 13.1. The molecule has 1 aliphatic heterocycles. The SMILES string of the molecule is O=S(=O)(NCC(c1cccnc1)N1CCc2ccccc21)c1ccc(F)cc1. The number of nitrogens with zero attached hydrogens (tertiary/aromatic N) is 2. The van der Waals surface area contributed by atoms with Gasteiger partial charge in [0.25, 0.3) is 0 Å². The Morgan fingerprint density at radius 3 is 2.61 bits per heavy atom. The summed E-state index contributed by atoms with van der Waals surface area (Å²) < 4.78 is 41.2. The fraction of sp³-hybridized carbons (Fsp3) is 0.190. The van der Waals surface area contributed by atoms with Gasteiger partial charge in [-0.2, -0.15) is 0 Å². The minimum atomic E-state index is -3.75. The van der Waals surface area contributed by atoms with E-state index in [1.807, 2.05) is 24.3 Å². The van der Waals surface area contributed by atoms with Crippen molar-refractivity contribution in [2.45, 2.75) is 17.4 Å². The van der Waals surface area contributed by atoms with Gasteiger partial charge in [-0.15, -0.1) is 0 Å². The molecule has 1 atom stereocenters. The van der Waals surface area contributed by atoms with Crippen LogP contribution in [0.4, 0.5) is 10.1 Å². The van der Waals surface area contributed by atoms with Crippen molar-refractivity contribution in [3.05, 3.63) is 90.0 Å². The lowest BCUT2D eigenvalue weighted by Gasteiger charge is -2.31. The second-order valence-electron chi connectivity index (χ2n) is 6.68. The van der Waals surface area contributed by atoms with Crippen molar-refractivity contribution >= 4 is 15.7 Å². The minimum Gasteiger partial charge on any atom is -0.363 e. The molecule has 7 heteroatoms. The lowest BCUT2D eigenvalue weighted by atomic mass is 10.1. The lowest BCUT2D eigenvalue weighted by Crippen LogP contribution is -2.37. The Hall–Kier alpha value is -2.77. The van der Waals surface area contributed by atoms with E-state index in [1.54, 1.807) is 12.4 Å². The summed E-state index contributed by atoms with van der Waals surface area (Å²) in [4.78, 5) is 6.45. The highest BCUT2D eigenvalue weighted by Crippen LogP contribution is 2.34. The molecule has 0 saturated heterocycles. The first-order chi connectivity index (χ1) is 13.5. The molecule has 4 rings (SSSR count). The minimum absolute atomic E-state index is 0.0423. The molecule has 28 heavy (non-hydrogen) atoms. The highest BCUT2D eigenvalue weighted by Gasteiger charge is 2.28. The second-order valence-corrected chi connectivity index (χ2v) is 8.45. The zero-order chi connectivity index (χ0) is 19.6. The third-order valence-electron chi connectivity index (χ3n) is 4.96. The first-order valence-corrected chi connectivity index (χ1v) is 10.5. The predicted molar refractivity (Wildman–Crippen MR) is 106 cm³/mol. The van der Waals surface area contributed by atoms with Crippen molar-refractivity contribution in [1.82, 2.24) is 9.71 Å². The molecule has 0 aliphatic carbocycles. The van der Waals surface area contributed by atoms with Crippen molar-refractivity contribution < 1.29 is 12.8 Å². The number of pyridine rings is 1. The van der Waals surface area contributed by atoms with E-state index in [9.17, 15) is 12.8 Å². The molecule has 0 amide bonds. The topological polar surface area (TPSA) is 62.3 Å².